The SMILES string of the molecule is C[P+](CCCCCCCCCCCC(=O)O)(c1ccccc1)c1ccccc1.[Br-]. The molecular weight excluding hydrogens is 443 g/mol. The molecule has 1 N–H and O–H groups in total. The van der Waals surface area contributed by atoms with E-state index >= 15 is 0 Å². The third-order valence-corrected chi connectivity index (χ3v) is 9.73. The van der Waals surface area contributed by atoms with Crippen LogP contribution in [0.2, 0.25) is 0 Å². The highest BCUT2D eigenvalue weighted by Gasteiger charge is 2.36. The van der Waals surface area contributed by atoms with E-state index in [0.717, 1.165) is 12.8 Å². The van der Waals surface area contributed by atoms with Crippen LogP contribution >= 0.6 is 7.26 Å². The van der Waals surface area contributed by atoms with Crippen molar-refractivity contribution < 1.29 is 26.9 Å². The van der Waals surface area contributed by atoms with Crippen LogP contribution in [0.5, 0.6) is 0 Å². The monoisotopic (exact) mass is 478 g/mol. The summed E-state index contributed by atoms with van der Waals surface area (Å²) in [5.41, 5.74) is 0. The Kier molecular flexibility index (Phi) is 13.1. The first kappa shape index (κ1) is 25.9. The number of carboxylic acids is 1. The first-order chi connectivity index (χ1) is 13.6. The van der Waals surface area contributed by atoms with E-state index in [1.807, 2.05) is 0 Å². The van der Waals surface area contributed by atoms with Crippen molar-refractivity contribution in [3.8, 4) is 0 Å². The van der Waals surface area contributed by atoms with Gasteiger partial charge in [0.2, 0.25) is 0 Å². The Balaban J connectivity index is 0.00000420. The van der Waals surface area contributed by atoms with Crippen molar-refractivity contribution >= 4 is 23.8 Å². The van der Waals surface area contributed by atoms with Crippen LogP contribution in [0.4, 0.5) is 0 Å². The second-order valence-electron chi connectivity index (χ2n) is 7.91. The van der Waals surface area contributed by atoms with E-state index in [-0.39, 0.29) is 17.0 Å². The van der Waals surface area contributed by atoms with Crippen LogP contribution in [0.25, 0.3) is 0 Å². The molecule has 0 heterocycles. The van der Waals surface area contributed by atoms with Crippen LogP contribution in [-0.2, 0) is 4.79 Å². The molecule has 0 aliphatic heterocycles. The summed E-state index contributed by atoms with van der Waals surface area (Å²) < 4.78 is 0. The largest absolute Gasteiger partial charge is 1.00 e. The molecule has 2 nitrogen and oxygen atoms in total. The van der Waals surface area contributed by atoms with Gasteiger partial charge in [0.05, 0.1) is 30.7 Å². The predicted molar refractivity (Wildman–Crippen MR) is 124 cm³/mol. The molecule has 0 bridgehead atoms. The van der Waals surface area contributed by atoms with Gasteiger partial charge in [-0.1, -0.05) is 74.9 Å². The molecule has 0 aliphatic carbocycles. The minimum atomic E-state index is -1.30. The molecule has 160 valence electrons. The topological polar surface area (TPSA) is 37.3 Å². The zero-order valence-corrected chi connectivity index (χ0v) is 20.2. The molecule has 2 aromatic rings. The lowest BCUT2D eigenvalue weighted by Gasteiger charge is -2.23. The number of hydrogen-bond acceptors (Lipinski definition) is 1. The second-order valence-corrected chi connectivity index (χ2v) is 11.8. The van der Waals surface area contributed by atoms with Crippen molar-refractivity contribution in [2.45, 2.75) is 64.2 Å². The van der Waals surface area contributed by atoms with E-state index in [1.165, 1.54) is 61.7 Å². The van der Waals surface area contributed by atoms with Crippen LogP contribution in [0.1, 0.15) is 64.2 Å². The van der Waals surface area contributed by atoms with Crippen LogP contribution < -0.4 is 27.6 Å². The Morgan fingerprint density at radius 1 is 0.690 bits per heavy atom. The number of rotatable bonds is 14. The van der Waals surface area contributed by atoms with Crippen molar-refractivity contribution in [3.63, 3.8) is 0 Å². The Labute approximate surface area is 188 Å². The van der Waals surface area contributed by atoms with Gasteiger partial charge in [-0.2, -0.15) is 0 Å². The predicted octanol–water partition coefficient (Wildman–Crippen LogP) is 3.27. The lowest BCUT2D eigenvalue weighted by atomic mass is 10.1. The van der Waals surface area contributed by atoms with Gasteiger partial charge >= 0.3 is 5.97 Å². The maximum absolute atomic E-state index is 10.5. The van der Waals surface area contributed by atoms with Gasteiger partial charge < -0.3 is 22.1 Å². The molecule has 29 heavy (non-hydrogen) atoms. The molecule has 0 amide bonds. The fourth-order valence-corrected chi connectivity index (χ4v) is 7.19. The highest BCUT2D eigenvalue weighted by atomic mass is 79.9. The Morgan fingerprint density at radius 2 is 1.07 bits per heavy atom. The van der Waals surface area contributed by atoms with Gasteiger partial charge in [-0.3, -0.25) is 4.79 Å². The lowest BCUT2D eigenvalue weighted by molar-refractivity contribution is -0.137. The maximum Gasteiger partial charge on any atom is 0.303 e. The van der Waals surface area contributed by atoms with Crippen molar-refractivity contribution in [2.75, 3.05) is 12.8 Å². The van der Waals surface area contributed by atoms with E-state index in [4.69, 9.17) is 5.11 Å². The molecule has 0 spiro atoms. The smallest absolute Gasteiger partial charge is 0.303 e. The molecule has 0 saturated carbocycles. The van der Waals surface area contributed by atoms with Gasteiger partial charge in [0.1, 0.15) is 0 Å². The fourth-order valence-electron chi connectivity index (χ4n) is 3.86. The van der Waals surface area contributed by atoms with Crippen molar-refractivity contribution in [1.29, 1.82) is 0 Å². The van der Waals surface area contributed by atoms with Crippen LogP contribution in [0, 0.1) is 0 Å². The minimum absolute atomic E-state index is 0. The van der Waals surface area contributed by atoms with Crippen LogP contribution in [0.15, 0.2) is 60.7 Å². The molecule has 0 unspecified atom stereocenters. The van der Waals surface area contributed by atoms with E-state index in [1.54, 1.807) is 0 Å². The number of unbranched alkanes of at least 4 members (excludes halogenated alkanes) is 8. The van der Waals surface area contributed by atoms with Crippen LogP contribution in [0.3, 0.4) is 0 Å². The maximum atomic E-state index is 10.5. The molecule has 0 fully saturated rings. The molecule has 0 aromatic heterocycles. The average Bonchev–Trinajstić information content (AvgIpc) is 2.73. The van der Waals surface area contributed by atoms with E-state index in [9.17, 15) is 4.79 Å². The fraction of sp³-hybridized carbons (Fsp3) is 0.480. The number of carbonyl (C=O) groups is 1. The zero-order chi connectivity index (χ0) is 20.1. The molecule has 0 radical (unpaired) electrons. The van der Waals surface area contributed by atoms with Gasteiger partial charge in [-0.15, -0.1) is 0 Å². The van der Waals surface area contributed by atoms with Gasteiger partial charge in [-0.05, 0) is 43.5 Å². The van der Waals surface area contributed by atoms with E-state index < -0.39 is 13.2 Å². The Hall–Kier alpha value is -1.18. The van der Waals surface area contributed by atoms with Gasteiger partial charge in [0.25, 0.3) is 0 Å². The third kappa shape index (κ3) is 9.45. The molecule has 0 saturated heterocycles. The Bertz CT molecular complexity index is 636. The molecule has 0 aliphatic rings. The summed E-state index contributed by atoms with van der Waals surface area (Å²) in [5, 5.41) is 11.7. The first-order valence-corrected chi connectivity index (χ1v) is 13.2. The summed E-state index contributed by atoms with van der Waals surface area (Å²) in [6, 6.07) is 22.2. The number of aliphatic carboxylic acids is 1. The minimum Gasteiger partial charge on any atom is -1.00 e. The lowest BCUT2D eigenvalue weighted by Crippen LogP contribution is -3.00. The first-order valence-electron chi connectivity index (χ1n) is 10.8. The normalized spacial score (nSPS) is 11.1. The molecule has 0 atom stereocenters. The highest BCUT2D eigenvalue weighted by molar-refractivity contribution is 7.88. The van der Waals surface area contributed by atoms with Crippen molar-refractivity contribution in [1.82, 2.24) is 0 Å². The summed E-state index contributed by atoms with van der Waals surface area (Å²) in [6.45, 7) is 2.49. The Morgan fingerprint density at radius 3 is 1.48 bits per heavy atom. The van der Waals surface area contributed by atoms with E-state index in [2.05, 4.69) is 67.3 Å². The summed E-state index contributed by atoms with van der Waals surface area (Å²) in [5.74, 6) is -0.666. The summed E-state index contributed by atoms with van der Waals surface area (Å²) in [6.07, 6.45) is 12.5. The molecular formula is C25H36BrO2P. The molecule has 2 rings (SSSR count). The highest BCUT2D eigenvalue weighted by Crippen LogP contribution is 2.53. The second kappa shape index (κ2) is 14.7. The third-order valence-electron chi connectivity index (χ3n) is 5.65. The summed E-state index contributed by atoms with van der Waals surface area (Å²) in [4.78, 5) is 10.5. The number of halogens is 1. The quantitative estimate of drug-likeness (QED) is 0.334. The van der Waals surface area contributed by atoms with Crippen molar-refractivity contribution in [2.24, 2.45) is 0 Å². The zero-order valence-electron chi connectivity index (χ0n) is 17.7. The van der Waals surface area contributed by atoms with E-state index in [0.29, 0.717) is 6.42 Å². The summed E-state index contributed by atoms with van der Waals surface area (Å²) in [7, 11) is -1.30. The number of benzene rings is 2. The standard InChI is InChI=1S/C25H35O2P.BrH/c1-28(23-17-11-9-12-18-23,24-19-13-10-14-20-24)22-16-8-6-4-2-3-5-7-15-21-25(26)27;/h9-14,17-20H,2-8,15-16,21-22H2,1H3;1H. The van der Waals surface area contributed by atoms with Gasteiger partial charge in [0, 0.05) is 6.42 Å². The molecule has 4 heteroatoms. The average molecular weight is 479 g/mol. The van der Waals surface area contributed by atoms with Gasteiger partial charge in [0.15, 0.2) is 0 Å². The van der Waals surface area contributed by atoms with Gasteiger partial charge in [-0.25, -0.2) is 0 Å². The van der Waals surface area contributed by atoms with Crippen LogP contribution in [-0.4, -0.2) is 23.9 Å². The number of hydrogen-bond donors (Lipinski definition) is 1. The molecule has 2 aromatic carbocycles. The number of carboxylic acid groups (broad SMARTS) is 1. The van der Waals surface area contributed by atoms with Crippen molar-refractivity contribution in [3.05, 3.63) is 60.7 Å². The summed E-state index contributed by atoms with van der Waals surface area (Å²) >= 11 is 0.